The van der Waals surface area contributed by atoms with E-state index in [1.165, 1.54) is 6.07 Å². The molecule has 4 fully saturated rings. The number of halogens is 3. The van der Waals surface area contributed by atoms with E-state index in [2.05, 4.69) is 25.1 Å². The smallest absolute Gasteiger partial charge is 0.319 e. The Morgan fingerprint density at radius 1 is 1.02 bits per heavy atom. The van der Waals surface area contributed by atoms with Crippen molar-refractivity contribution in [2.75, 3.05) is 44.2 Å². The highest BCUT2D eigenvalue weighted by atomic mass is 19.3. The van der Waals surface area contributed by atoms with Gasteiger partial charge in [-0.25, -0.2) is 13.2 Å². The van der Waals surface area contributed by atoms with Crippen molar-refractivity contribution in [1.29, 1.82) is 0 Å². The number of rotatable bonds is 8. The van der Waals surface area contributed by atoms with Crippen molar-refractivity contribution in [3.05, 3.63) is 48.4 Å². The van der Waals surface area contributed by atoms with E-state index >= 15 is 4.39 Å². The van der Waals surface area contributed by atoms with Crippen LogP contribution in [0.3, 0.4) is 0 Å². The molecule has 4 aromatic rings. The van der Waals surface area contributed by atoms with Crippen LogP contribution in [0.15, 0.2) is 42.6 Å². The van der Waals surface area contributed by atoms with E-state index in [1.807, 2.05) is 24.3 Å². The van der Waals surface area contributed by atoms with Crippen molar-refractivity contribution >= 4 is 27.5 Å². The van der Waals surface area contributed by atoms with E-state index in [0.717, 1.165) is 62.5 Å². The van der Waals surface area contributed by atoms with Gasteiger partial charge >= 0.3 is 6.01 Å². The quantitative estimate of drug-likeness (QED) is 0.258. The molecule has 236 valence electrons. The average Bonchev–Trinajstić information content (AvgIpc) is 3.73. The molecule has 11 heteroatoms. The number of anilines is 1. The number of aromatic hydroxyl groups is 1. The summed E-state index contributed by atoms with van der Waals surface area (Å²) in [5.74, 6) is -0.544. The maximum atomic E-state index is 16.6. The van der Waals surface area contributed by atoms with Gasteiger partial charge in [0, 0.05) is 61.4 Å². The molecule has 2 bridgehead atoms. The molecule has 1 unspecified atom stereocenters. The van der Waals surface area contributed by atoms with Crippen LogP contribution in [-0.4, -0.2) is 82.8 Å². The minimum atomic E-state index is -2.30. The summed E-state index contributed by atoms with van der Waals surface area (Å²) in [7, 11) is 0. The van der Waals surface area contributed by atoms with Crippen molar-refractivity contribution in [1.82, 2.24) is 25.2 Å². The average molecular weight is 619 g/mol. The molecular weight excluding hydrogens is 581 g/mol. The highest BCUT2D eigenvalue weighted by Gasteiger charge is 2.46. The zero-order valence-corrected chi connectivity index (χ0v) is 25.1. The van der Waals surface area contributed by atoms with Gasteiger partial charge in [-0.1, -0.05) is 24.3 Å². The Kier molecular flexibility index (Phi) is 7.20. The van der Waals surface area contributed by atoms with E-state index in [4.69, 9.17) is 9.72 Å². The second-order valence-corrected chi connectivity index (χ2v) is 13.5. The number of nitrogens with zero attached hydrogens (tertiary/aromatic N) is 5. The van der Waals surface area contributed by atoms with Crippen LogP contribution in [-0.2, 0) is 0 Å². The lowest BCUT2D eigenvalue weighted by Crippen LogP contribution is -2.51. The van der Waals surface area contributed by atoms with E-state index in [0.29, 0.717) is 55.0 Å². The first kappa shape index (κ1) is 28.8. The van der Waals surface area contributed by atoms with Crippen LogP contribution in [0.2, 0.25) is 0 Å². The molecule has 8 rings (SSSR count). The van der Waals surface area contributed by atoms with Crippen LogP contribution in [0.25, 0.3) is 32.9 Å². The van der Waals surface area contributed by atoms with Gasteiger partial charge in [0.2, 0.25) is 6.43 Å². The van der Waals surface area contributed by atoms with Gasteiger partial charge in [-0.3, -0.25) is 4.98 Å². The topological polar surface area (TPSA) is 86.6 Å². The molecule has 2 aromatic carbocycles. The summed E-state index contributed by atoms with van der Waals surface area (Å²) in [6.45, 7) is 3.76. The largest absolute Gasteiger partial charge is 0.508 e. The van der Waals surface area contributed by atoms with Crippen molar-refractivity contribution in [2.45, 2.75) is 57.0 Å². The normalized spacial score (nSPS) is 24.5. The Balaban J connectivity index is 1.14. The van der Waals surface area contributed by atoms with E-state index in [9.17, 15) is 13.9 Å². The minimum Gasteiger partial charge on any atom is -0.508 e. The standard InChI is InChI=1S/C34H37F3N6O2/c35-28-29(26-13-24(44)12-20-4-1-2-6-25(20)26)38-14-27-30(28)40-33(41-32(27)43-16-22-7-8-23(17-43)39-22)45-19-34(9-10-34)18-42-11-3-5-21(15-42)31(36)37/h1-2,4,6,12-14,21-23,31,39,44H,3,5,7-11,15-19H2/t21?,22-,23+. The van der Waals surface area contributed by atoms with Gasteiger partial charge in [-0.05, 0) is 68.0 Å². The van der Waals surface area contributed by atoms with Crippen LogP contribution in [0.4, 0.5) is 19.0 Å². The second-order valence-electron chi connectivity index (χ2n) is 13.5. The SMILES string of the molecule is Oc1cc(-c2ncc3c(N4C[C@H]5CC[C@@H](C4)N5)nc(OCC4(CN5CCCC(C(F)F)C5)CC4)nc3c2F)c2ccccc2c1. The molecule has 45 heavy (non-hydrogen) atoms. The number of aromatic nitrogens is 3. The van der Waals surface area contributed by atoms with Gasteiger partial charge < -0.3 is 25.0 Å². The summed E-state index contributed by atoms with van der Waals surface area (Å²) < 4.78 is 49.7. The molecule has 3 atom stereocenters. The lowest BCUT2D eigenvalue weighted by atomic mass is 9.97. The molecule has 3 saturated heterocycles. The van der Waals surface area contributed by atoms with Gasteiger partial charge in [0.1, 0.15) is 22.8 Å². The first-order valence-corrected chi connectivity index (χ1v) is 16.1. The Bertz CT molecular complexity index is 1740. The van der Waals surface area contributed by atoms with E-state index in [-0.39, 0.29) is 28.4 Å². The second kappa shape index (κ2) is 11.3. The minimum absolute atomic E-state index is 0.0250. The number of piperidine rings is 1. The molecule has 0 amide bonds. The first-order chi connectivity index (χ1) is 21.8. The summed E-state index contributed by atoms with van der Waals surface area (Å²) in [6, 6.07) is 11.5. The Morgan fingerprint density at radius 3 is 2.60 bits per heavy atom. The van der Waals surface area contributed by atoms with Gasteiger partial charge in [-0.2, -0.15) is 9.97 Å². The van der Waals surface area contributed by atoms with Crippen molar-refractivity contribution in [3.63, 3.8) is 0 Å². The van der Waals surface area contributed by atoms with E-state index in [1.54, 1.807) is 12.3 Å². The molecule has 8 nitrogen and oxygen atoms in total. The number of phenolic OH excluding ortho intramolecular Hbond substituents is 1. The zero-order chi connectivity index (χ0) is 30.7. The molecule has 0 spiro atoms. The van der Waals surface area contributed by atoms with Crippen LogP contribution in [0.1, 0.15) is 38.5 Å². The number of alkyl halides is 2. The molecule has 1 saturated carbocycles. The lowest BCUT2D eigenvalue weighted by Gasteiger charge is -2.35. The number of phenols is 1. The number of hydrogen-bond acceptors (Lipinski definition) is 8. The van der Waals surface area contributed by atoms with Crippen molar-refractivity contribution < 1.29 is 23.0 Å². The van der Waals surface area contributed by atoms with Crippen LogP contribution in [0.5, 0.6) is 11.8 Å². The van der Waals surface area contributed by atoms with E-state index < -0.39 is 18.2 Å². The van der Waals surface area contributed by atoms with Crippen LogP contribution >= 0.6 is 0 Å². The predicted molar refractivity (Wildman–Crippen MR) is 166 cm³/mol. The maximum Gasteiger partial charge on any atom is 0.319 e. The Labute approximate surface area is 259 Å². The highest BCUT2D eigenvalue weighted by Crippen LogP contribution is 2.47. The fourth-order valence-corrected chi connectivity index (χ4v) is 7.63. The molecule has 3 aliphatic heterocycles. The van der Waals surface area contributed by atoms with Gasteiger partial charge in [-0.15, -0.1) is 0 Å². The van der Waals surface area contributed by atoms with Gasteiger partial charge in [0.15, 0.2) is 5.82 Å². The lowest BCUT2D eigenvalue weighted by molar-refractivity contribution is 0.0185. The fourth-order valence-electron chi connectivity index (χ4n) is 7.63. The van der Waals surface area contributed by atoms with Crippen LogP contribution in [0, 0.1) is 17.2 Å². The molecular formula is C34H37F3N6O2. The number of benzene rings is 2. The van der Waals surface area contributed by atoms with Gasteiger partial charge in [0.05, 0.1) is 12.0 Å². The maximum absolute atomic E-state index is 16.6. The molecule has 0 radical (unpaired) electrons. The van der Waals surface area contributed by atoms with Gasteiger partial charge in [0.25, 0.3) is 0 Å². The summed E-state index contributed by atoms with van der Waals surface area (Å²) in [6.07, 6.45) is 4.74. The monoisotopic (exact) mass is 618 g/mol. The predicted octanol–water partition coefficient (Wildman–Crippen LogP) is 5.77. The Morgan fingerprint density at radius 2 is 1.82 bits per heavy atom. The molecule has 2 aromatic heterocycles. The number of piperazine rings is 1. The third-order valence-electron chi connectivity index (χ3n) is 10.2. The van der Waals surface area contributed by atoms with Crippen molar-refractivity contribution in [2.24, 2.45) is 11.3 Å². The number of hydrogen-bond donors (Lipinski definition) is 2. The molecule has 2 N–H and O–H groups in total. The summed E-state index contributed by atoms with van der Waals surface area (Å²) in [4.78, 5) is 18.4. The molecule has 4 aliphatic rings. The summed E-state index contributed by atoms with van der Waals surface area (Å²) in [5, 5.41) is 16.2. The number of fused-ring (bicyclic) bond motifs is 4. The zero-order valence-electron chi connectivity index (χ0n) is 25.1. The number of nitrogens with one attached hydrogen (secondary N) is 1. The Hall–Kier alpha value is -3.70. The van der Waals surface area contributed by atoms with Crippen LogP contribution < -0.4 is 15.0 Å². The fraction of sp³-hybridized carbons (Fsp3) is 0.500. The third-order valence-corrected chi connectivity index (χ3v) is 10.2. The van der Waals surface area contributed by atoms with Crippen molar-refractivity contribution in [3.8, 4) is 23.0 Å². The highest BCUT2D eigenvalue weighted by molar-refractivity contribution is 5.99. The third kappa shape index (κ3) is 5.54. The number of pyridine rings is 1. The molecule has 5 heterocycles. The first-order valence-electron chi connectivity index (χ1n) is 16.1. The summed E-state index contributed by atoms with van der Waals surface area (Å²) >= 11 is 0. The molecule has 1 aliphatic carbocycles. The number of ether oxygens (including phenoxy) is 1. The summed E-state index contributed by atoms with van der Waals surface area (Å²) in [5.41, 5.74) is 0.564. The number of likely N-dealkylation sites (tertiary alicyclic amines) is 1.